The standard InChI is InChI=1S/C23H34N2O6S/c1-17-9-5-6-10-20(17)24-22(26)16-31-23(27)19-15-18(11-12-21(19)30-2)32(28,29)25-13-7-3-4-8-14-25/h11-12,15,17,20H,3-10,13-14,16H2,1-2H3,(H,24,26). The van der Waals surface area contributed by atoms with Crippen LogP contribution in [0.2, 0.25) is 0 Å². The second-order valence-corrected chi connectivity index (χ2v) is 10.6. The summed E-state index contributed by atoms with van der Waals surface area (Å²) in [7, 11) is -2.34. The highest BCUT2D eigenvalue weighted by Crippen LogP contribution is 2.27. The molecule has 178 valence electrons. The number of nitrogens with zero attached hydrogens (tertiary/aromatic N) is 1. The molecular weight excluding hydrogens is 432 g/mol. The van der Waals surface area contributed by atoms with Gasteiger partial charge in [-0.3, -0.25) is 4.79 Å². The molecule has 1 heterocycles. The number of esters is 1. The minimum absolute atomic E-state index is 0.0118. The van der Waals surface area contributed by atoms with Gasteiger partial charge >= 0.3 is 5.97 Å². The first-order valence-electron chi connectivity index (χ1n) is 11.5. The van der Waals surface area contributed by atoms with E-state index >= 15 is 0 Å². The number of hydrogen-bond acceptors (Lipinski definition) is 6. The molecule has 1 saturated carbocycles. The molecule has 9 heteroatoms. The molecule has 1 aromatic carbocycles. The van der Waals surface area contributed by atoms with Crippen LogP contribution in [-0.4, -0.2) is 57.4 Å². The van der Waals surface area contributed by atoms with Gasteiger partial charge in [-0.2, -0.15) is 4.31 Å². The fraction of sp³-hybridized carbons (Fsp3) is 0.652. The van der Waals surface area contributed by atoms with Gasteiger partial charge in [0.1, 0.15) is 11.3 Å². The molecule has 2 aliphatic rings. The highest BCUT2D eigenvalue weighted by Gasteiger charge is 2.28. The van der Waals surface area contributed by atoms with Crippen LogP contribution in [0.25, 0.3) is 0 Å². The Morgan fingerprint density at radius 1 is 1.06 bits per heavy atom. The maximum absolute atomic E-state index is 13.1. The molecule has 1 N–H and O–H groups in total. The number of rotatable bonds is 7. The third kappa shape index (κ3) is 6.01. The number of nitrogens with one attached hydrogen (secondary N) is 1. The van der Waals surface area contributed by atoms with Crippen LogP contribution >= 0.6 is 0 Å². The summed E-state index contributed by atoms with van der Waals surface area (Å²) >= 11 is 0. The van der Waals surface area contributed by atoms with E-state index in [1.165, 1.54) is 36.0 Å². The predicted octanol–water partition coefficient (Wildman–Crippen LogP) is 3.11. The lowest BCUT2D eigenvalue weighted by Crippen LogP contribution is -2.42. The van der Waals surface area contributed by atoms with Gasteiger partial charge in [-0.1, -0.05) is 32.6 Å². The van der Waals surface area contributed by atoms with Crippen molar-refractivity contribution >= 4 is 21.9 Å². The number of amides is 1. The Morgan fingerprint density at radius 2 is 1.75 bits per heavy atom. The molecule has 2 unspecified atom stereocenters. The summed E-state index contributed by atoms with van der Waals surface area (Å²) < 4.78 is 38.1. The lowest BCUT2D eigenvalue weighted by atomic mass is 9.86. The number of hydrogen-bond donors (Lipinski definition) is 1. The van der Waals surface area contributed by atoms with Crippen LogP contribution < -0.4 is 10.1 Å². The van der Waals surface area contributed by atoms with Crippen molar-refractivity contribution in [1.82, 2.24) is 9.62 Å². The molecule has 1 aromatic rings. The van der Waals surface area contributed by atoms with Gasteiger partial charge < -0.3 is 14.8 Å². The Kier molecular flexibility index (Phi) is 8.53. The van der Waals surface area contributed by atoms with E-state index in [1.807, 2.05) is 0 Å². The van der Waals surface area contributed by atoms with Crippen LogP contribution in [0.15, 0.2) is 23.1 Å². The lowest BCUT2D eigenvalue weighted by molar-refractivity contribution is -0.125. The van der Waals surface area contributed by atoms with E-state index in [1.54, 1.807) is 0 Å². The van der Waals surface area contributed by atoms with Crippen molar-refractivity contribution < 1.29 is 27.5 Å². The molecule has 3 rings (SSSR count). The average Bonchev–Trinajstić information content (AvgIpc) is 3.09. The van der Waals surface area contributed by atoms with Crippen molar-refractivity contribution in [3.05, 3.63) is 23.8 Å². The van der Waals surface area contributed by atoms with E-state index in [0.29, 0.717) is 19.0 Å². The molecule has 8 nitrogen and oxygen atoms in total. The van der Waals surface area contributed by atoms with E-state index in [2.05, 4.69) is 12.2 Å². The Bertz CT molecular complexity index is 909. The number of benzene rings is 1. The summed E-state index contributed by atoms with van der Waals surface area (Å²) in [5.41, 5.74) is -0.0118. The van der Waals surface area contributed by atoms with Crippen molar-refractivity contribution in [1.29, 1.82) is 0 Å². The highest BCUT2D eigenvalue weighted by atomic mass is 32.2. The van der Waals surface area contributed by atoms with Gasteiger partial charge in [-0.05, 0) is 49.8 Å². The van der Waals surface area contributed by atoms with Crippen LogP contribution in [0.5, 0.6) is 5.75 Å². The second-order valence-electron chi connectivity index (χ2n) is 8.69. The van der Waals surface area contributed by atoms with Crippen LogP contribution in [0.3, 0.4) is 0 Å². The fourth-order valence-electron chi connectivity index (χ4n) is 4.43. The number of methoxy groups -OCH3 is 1. The molecule has 1 aliphatic heterocycles. The first-order chi connectivity index (χ1) is 15.3. The SMILES string of the molecule is COc1ccc(S(=O)(=O)N2CCCCCC2)cc1C(=O)OCC(=O)NC1CCCCC1C. The first kappa shape index (κ1) is 24.5. The van der Waals surface area contributed by atoms with Gasteiger partial charge in [0.2, 0.25) is 10.0 Å². The normalized spacial score (nSPS) is 22.6. The zero-order chi connectivity index (χ0) is 23.1. The summed E-state index contributed by atoms with van der Waals surface area (Å²) in [6, 6.07) is 4.26. The fourth-order valence-corrected chi connectivity index (χ4v) is 5.97. The molecule has 32 heavy (non-hydrogen) atoms. The number of ether oxygens (including phenoxy) is 2. The lowest BCUT2D eigenvalue weighted by Gasteiger charge is -2.29. The number of carbonyl (C=O) groups is 2. The maximum atomic E-state index is 13.1. The molecule has 1 amide bonds. The summed E-state index contributed by atoms with van der Waals surface area (Å²) in [6.07, 6.45) is 7.88. The van der Waals surface area contributed by atoms with Gasteiger partial charge in [0, 0.05) is 19.1 Å². The second kappa shape index (κ2) is 11.1. The molecule has 1 saturated heterocycles. The summed E-state index contributed by atoms with van der Waals surface area (Å²) in [4.78, 5) is 25.0. The zero-order valence-corrected chi connectivity index (χ0v) is 19.8. The first-order valence-corrected chi connectivity index (χ1v) is 12.9. The quantitative estimate of drug-likeness (QED) is 0.620. The van der Waals surface area contributed by atoms with Gasteiger partial charge in [0.05, 0.1) is 12.0 Å². The predicted molar refractivity (Wildman–Crippen MR) is 120 cm³/mol. The van der Waals surface area contributed by atoms with Gasteiger partial charge in [-0.25, -0.2) is 13.2 Å². The Morgan fingerprint density at radius 3 is 2.41 bits per heavy atom. The largest absolute Gasteiger partial charge is 0.496 e. The Balaban J connectivity index is 1.69. The van der Waals surface area contributed by atoms with Crippen molar-refractivity contribution in [3.8, 4) is 5.75 Å². The van der Waals surface area contributed by atoms with Crippen molar-refractivity contribution in [2.45, 2.75) is 69.2 Å². The third-order valence-corrected chi connectivity index (χ3v) is 8.28. The van der Waals surface area contributed by atoms with Crippen LogP contribution in [0.4, 0.5) is 0 Å². The van der Waals surface area contributed by atoms with Crippen molar-refractivity contribution in [3.63, 3.8) is 0 Å². The molecular formula is C23H34N2O6S. The van der Waals surface area contributed by atoms with Crippen molar-refractivity contribution in [2.75, 3.05) is 26.8 Å². The van der Waals surface area contributed by atoms with E-state index in [0.717, 1.165) is 44.9 Å². The monoisotopic (exact) mass is 466 g/mol. The summed E-state index contributed by atoms with van der Waals surface area (Å²) in [5.74, 6) is -0.554. The van der Waals surface area contributed by atoms with E-state index in [9.17, 15) is 18.0 Å². The van der Waals surface area contributed by atoms with E-state index in [-0.39, 0.29) is 28.2 Å². The highest BCUT2D eigenvalue weighted by molar-refractivity contribution is 7.89. The molecule has 2 fully saturated rings. The van der Waals surface area contributed by atoms with Crippen LogP contribution in [0.1, 0.15) is 68.6 Å². The molecule has 0 aromatic heterocycles. The zero-order valence-electron chi connectivity index (χ0n) is 19.0. The molecule has 0 spiro atoms. The van der Waals surface area contributed by atoms with Crippen LogP contribution in [0, 0.1) is 5.92 Å². The van der Waals surface area contributed by atoms with Crippen molar-refractivity contribution in [2.24, 2.45) is 5.92 Å². The number of sulfonamides is 1. The third-order valence-electron chi connectivity index (χ3n) is 6.39. The van der Waals surface area contributed by atoms with Crippen LogP contribution in [-0.2, 0) is 19.6 Å². The van der Waals surface area contributed by atoms with E-state index < -0.39 is 22.6 Å². The molecule has 2 atom stereocenters. The Labute approximate surface area is 190 Å². The average molecular weight is 467 g/mol. The van der Waals surface area contributed by atoms with E-state index in [4.69, 9.17) is 9.47 Å². The Hall–Kier alpha value is -2.13. The minimum atomic E-state index is -3.73. The smallest absolute Gasteiger partial charge is 0.342 e. The molecule has 0 radical (unpaired) electrons. The van der Waals surface area contributed by atoms with Gasteiger partial charge in [0.25, 0.3) is 5.91 Å². The number of carbonyl (C=O) groups excluding carboxylic acids is 2. The minimum Gasteiger partial charge on any atom is -0.496 e. The summed E-state index contributed by atoms with van der Waals surface area (Å²) in [6.45, 7) is 2.62. The topological polar surface area (TPSA) is 102 Å². The molecule has 1 aliphatic carbocycles. The van der Waals surface area contributed by atoms with Gasteiger partial charge in [-0.15, -0.1) is 0 Å². The summed E-state index contributed by atoms with van der Waals surface area (Å²) in [5, 5.41) is 2.94. The maximum Gasteiger partial charge on any atom is 0.342 e. The molecule has 0 bridgehead atoms. The van der Waals surface area contributed by atoms with Gasteiger partial charge in [0.15, 0.2) is 6.61 Å².